The number of nitrogens with zero attached hydrogens (tertiary/aromatic N) is 4. The highest BCUT2D eigenvalue weighted by atomic mass is 32.2. The molecule has 0 aliphatic heterocycles. The number of azo groups is 1. The van der Waals surface area contributed by atoms with E-state index in [1.807, 2.05) is 0 Å². The van der Waals surface area contributed by atoms with Crippen LogP contribution in [0.5, 0.6) is 0 Å². The van der Waals surface area contributed by atoms with E-state index in [1.54, 1.807) is 36.4 Å². The number of hydrazone groups is 1. The van der Waals surface area contributed by atoms with Gasteiger partial charge < -0.3 is 11.2 Å². The fraction of sp³-hybridized carbons (Fsp3) is 0. The number of carbonyl (C=O) groups excluding carboxylic acids is 2. The summed E-state index contributed by atoms with van der Waals surface area (Å²) < 4.78 is 102. The van der Waals surface area contributed by atoms with Gasteiger partial charge in [-0.05, 0) is 83.0 Å². The molecule has 320 valence electrons. The van der Waals surface area contributed by atoms with Gasteiger partial charge in [0.15, 0.2) is 11.5 Å². The molecule has 0 saturated carbocycles. The van der Waals surface area contributed by atoms with Crippen molar-refractivity contribution < 1.29 is 53.4 Å². The highest BCUT2D eigenvalue weighted by molar-refractivity contribution is 7.91. The summed E-state index contributed by atoms with van der Waals surface area (Å²) in [5.41, 5.74) is 12.6. The Kier molecular flexibility index (Phi) is 11.2. The summed E-state index contributed by atoms with van der Waals surface area (Å²) >= 11 is 0. The number of allylic oxidation sites excluding steroid dienone is 7. The van der Waals surface area contributed by atoms with Gasteiger partial charge in [0.25, 0.3) is 36.0 Å². The van der Waals surface area contributed by atoms with E-state index in [9.17, 15) is 58.6 Å². The fourth-order valence-electron chi connectivity index (χ4n) is 6.26. The Labute approximate surface area is 355 Å². The predicted octanol–water partition coefficient (Wildman–Crippen LogP) is 5.63. The van der Waals surface area contributed by atoms with Crippen LogP contribution in [0.3, 0.4) is 0 Å². The maximum absolute atomic E-state index is 13.9. The highest BCUT2D eigenvalue weighted by Gasteiger charge is 2.37. The number of ketones is 2. The minimum absolute atomic E-state index is 0.0619. The number of hydrogen-bond acceptors (Lipinski definition) is 18. The summed E-state index contributed by atoms with van der Waals surface area (Å²) in [4.78, 5) is 34.5. The van der Waals surface area contributed by atoms with Crippen LogP contribution in [-0.2, 0) is 35.1 Å². The van der Waals surface area contributed by atoms with Gasteiger partial charge in [-0.25, -0.2) is 0 Å². The molecule has 7 rings (SSSR count). The zero-order chi connectivity index (χ0) is 45.6. The zero-order valence-electron chi connectivity index (χ0n) is 31.4. The molecule has 0 fully saturated rings. The third-order valence-electron chi connectivity index (χ3n) is 9.26. The molecule has 0 atom stereocenters. The first-order chi connectivity index (χ1) is 29.6. The van der Waals surface area contributed by atoms with E-state index in [0.717, 1.165) is 36.4 Å². The molecule has 9 N–H and O–H groups in total. The number of carbonyl (C=O) groups is 2. The lowest BCUT2D eigenvalue weighted by Gasteiger charge is -2.22. The van der Waals surface area contributed by atoms with Gasteiger partial charge in [0.2, 0.25) is 5.78 Å². The number of nitro groups is 1. The number of nitro benzene ring substituents is 1. The number of rotatable bonds is 12. The van der Waals surface area contributed by atoms with Crippen molar-refractivity contribution in [3.8, 4) is 11.1 Å². The maximum atomic E-state index is 13.9. The third kappa shape index (κ3) is 8.98. The number of Topliss-reactive ketones (excluding diaryl/α,β-unsaturated/α-hetero) is 1. The molecule has 0 aromatic heterocycles. The summed E-state index contributed by atoms with van der Waals surface area (Å²) in [5.74, 6) is -1.95. The first kappa shape index (κ1) is 43.3. The second kappa shape index (κ2) is 16.2. The van der Waals surface area contributed by atoms with E-state index < -0.39 is 89.8 Å². The van der Waals surface area contributed by atoms with Crippen LogP contribution in [0.2, 0.25) is 0 Å². The van der Waals surface area contributed by atoms with Crippen LogP contribution in [0, 0.1) is 15.5 Å². The molecule has 0 unspecified atom stereocenters. The molecule has 0 amide bonds. The minimum Gasteiger partial charge on any atom is -0.396 e. The molecule has 63 heavy (non-hydrogen) atoms. The molecule has 3 aliphatic rings. The summed E-state index contributed by atoms with van der Waals surface area (Å²) in [6, 6.07) is 18.4. The minimum atomic E-state index is -5.19. The van der Waals surface area contributed by atoms with Crippen molar-refractivity contribution in [2.75, 3.05) is 22.0 Å². The van der Waals surface area contributed by atoms with Crippen LogP contribution >= 0.6 is 0 Å². The van der Waals surface area contributed by atoms with Crippen molar-refractivity contribution in [2.24, 2.45) is 15.3 Å². The number of hydrazine groups is 1. The van der Waals surface area contributed by atoms with Crippen molar-refractivity contribution in [1.29, 1.82) is 5.41 Å². The molecule has 0 bridgehead atoms. The van der Waals surface area contributed by atoms with E-state index in [0.29, 0.717) is 16.8 Å². The molecule has 0 radical (unpaired) electrons. The van der Waals surface area contributed by atoms with Gasteiger partial charge in [-0.3, -0.25) is 49.6 Å². The number of hydrogen-bond donors (Lipinski definition) is 8. The lowest BCUT2D eigenvalue weighted by molar-refractivity contribution is -0.384. The molecule has 3 aliphatic carbocycles. The number of benzene rings is 4. The number of non-ortho nitro benzene ring substituents is 1. The average Bonchev–Trinajstić information content (AvgIpc) is 3.22. The van der Waals surface area contributed by atoms with Crippen molar-refractivity contribution in [3.63, 3.8) is 0 Å². The monoisotopic (exact) mass is 913 g/mol. The SMILES string of the molecule is N=C1C=CC2=CC(S(=O)(=O)O)=CC(=O)C2=C1N=Nc1ccc(-c2ccc(N/N=C3\C(=O)c4c(cc(S(=O)(=O)O)c(NNc5ccc([N+](=O)[O-])cc5)c4N)C=C3S(=O)(=O)O)cc2)cc1. The second-order valence-electron chi connectivity index (χ2n) is 13.3. The topological polar surface area (TPSA) is 363 Å². The predicted molar refractivity (Wildman–Crippen MR) is 229 cm³/mol. The Morgan fingerprint density at radius 1 is 0.730 bits per heavy atom. The Morgan fingerprint density at radius 2 is 1.35 bits per heavy atom. The van der Waals surface area contributed by atoms with Crippen LogP contribution in [0.25, 0.3) is 17.2 Å². The fourth-order valence-corrected chi connectivity index (χ4v) is 8.15. The molecule has 4 aromatic carbocycles. The van der Waals surface area contributed by atoms with E-state index in [-0.39, 0.29) is 39.6 Å². The van der Waals surface area contributed by atoms with Gasteiger partial charge in [0, 0.05) is 18.2 Å². The molecular formula is C38H27N9O13S3. The van der Waals surface area contributed by atoms with Crippen molar-refractivity contribution in [3.05, 3.63) is 151 Å². The Hall–Kier alpha value is -7.81. The molecule has 0 spiro atoms. The summed E-state index contributed by atoms with van der Waals surface area (Å²) in [5, 5.41) is 31.4. The maximum Gasteiger partial charge on any atom is 0.296 e. The van der Waals surface area contributed by atoms with Gasteiger partial charge >= 0.3 is 0 Å². The van der Waals surface area contributed by atoms with Gasteiger partial charge in [-0.2, -0.15) is 35.5 Å². The molecular weight excluding hydrogens is 887 g/mol. The number of fused-ring (bicyclic) bond motifs is 2. The van der Waals surface area contributed by atoms with E-state index in [4.69, 9.17) is 11.1 Å². The van der Waals surface area contributed by atoms with Crippen molar-refractivity contribution in [2.45, 2.75) is 4.90 Å². The summed E-state index contributed by atoms with van der Waals surface area (Å²) in [6.07, 6.45) is 5.21. The molecule has 25 heteroatoms. The van der Waals surface area contributed by atoms with E-state index in [2.05, 4.69) is 31.6 Å². The smallest absolute Gasteiger partial charge is 0.296 e. The summed E-state index contributed by atoms with van der Waals surface area (Å²) in [7, 11) is -15.0. The van der Waals surface area contributed by atoms with Gasteiger partial charge in [-0.1, -0.05) is 30.3 Å². The van der Waals surface area contributed by atoms with E-state index >= 15 is 0 Å². The quantitative estimate of drug-likeness (QED) is 0.0280. The largest absolute Gasteiger partial charge is 0.396 e. The standard InChI is InChI=1S/C38H27N9O13S3/c39-28-14-5-21-15-27(61(52,53)54)18-29(48)32(21)35(28)44-41-23-6-1-19(2-7-23)20-3-8-24(9-4-20)43-46-37-31(63(58,59)60)17-22-16-30(62(55,56)57)36(34(40)33(22)38(37)49)45-42-25-10-12-26(13-11-25)47(50)51/h1-18,39,42-43,45H,40H2,(H,52,53,54)(H,55,56,57)(H,58,59,60)/b39-28?,44-41?,46-37-. The van der Waals surface area contributed by atoms with Crippen LogP contribution in [-0.4, -0.2) is 66.8 Å². The first-order valence-corrected chi connectivity index (χ1v) is 21.8. The number of nitrogens with one attached hydrogen (secondary N) is 4. The van der Waals surface area contributed by atoms with Gasteiger partial charge in [0.05, 0.1) is 55.1 Å². The van der Waals surface area contributed by atoms with Gasteiger partial charge in [-0.15, -0.1) is 5.11 Å². The molecule has 0 saturated heterocycles. The number of nitrogens with two attached hydrogens (primary N) is 1. The van der Waals surface area contributed by atoms with E-state index in [1.165, 1.54) is 36.4 Å². The highest BCUT2D eigenvalue weighted by Crippen LogP contribution is 2.39. The molecule has 0 heterocycles. The average molecular weight is 914 g/mol. The first-order valence-electron chi connectivity index (χ1n) is 17.5. The van der Waals surface area contributed by atoms with Crippen molar-refractivity contribution >= 4 is 93.5 Å². The lowest BCUT2D eigenvalue weighted by atomic mass is 9.89. The number of anilines is 4. The zero-order valence-corrected chi connectivity index (χ0v) is 33.9. The number of nitrogen functional groups attached to an aromatic ring is 1. The molecule has 22 nitrogen and oxygen atoms in total. The van der Waals surface area contributed by atoms with Crippen LogP contribution < -0.4 is 22.0 Å². The third-order valence-corrected chi connectivity index (χ3v) is 11.8. The Morgan fingerprint density at radius 3 is 1.94 bits per heavy atom. The van der Waals surface area contributed by atoms with Crippen LogP contribution in [0.1, 0.15) is 15.9 Å². The Balaban J connectivity index is 1.11. The lowest BCUT2D eigenvalue weighted by Crippen LogP contribution is -2.29. The van der Waals surface area contributed by atoms with Gasteiger partial charge in [0.1, 0.15) is 15.5 Å². The molecule has 4 aromatic rings. The normalized spacial score (nSPS) is 16.0. The van der Waals surface area contributed by atoms with Crippen LogP contribution in [0.4, 0.5) is 34.1 Å². The summed E-state index contributed by atoms with van der Waals surface area (Å²) in [6.45, 7) is 0. The Bertz CT molecular complexity index is 3280. The van der Waals surface area contributed by atoms with Crippen molar-refractivity contribution in [1.82, 2.24) is 0 Å². The van der Waals surface area contributed by atoms with Crippen LogP contribution in [0.15, 0.2) is 150 Å². The second-order valence-corrected chi connectivity index (χ2v) is 17.5.